The average molecular weight is 479 g/mol. The van der Waals surface area contributed by atoms with Crippen LogP contribution in [0.4, 0.5) is 5.95 Å². The van der Waals surface area contributed by atoms with Crippen LogP contribution in [0.1, 0.15) is 21.5 Å². The molecular formula is C20H21Br2N3O. The monoisotopic (exact) mass is 477 g/mol. The van der Waals surface area contributed by atoms with Crippen LogP contribution >= 0.6 is 15.9 Å². The van der Waals surface area contributed by atoms with Gasteiger partial charge in [0.2, 0.25) is 0 Å². The Morgan fingerprint density at radius 2 is 1.88 bits per heavy atom. The summed E-state index contributed by atoms with van der Waals surface area (Å²) >= 11 is 3.40. The van der Waals surface area contributed by atoms with Gasteiger partial charge in [0.05, 0.1) is 7.05 Å². The summed E-state index contributed by atoms with van der Waals surface area (Å²) in [6.07, 6.45) is 1.94. The number of rotatable bonds is 4. The molecule has 136 valence electrons. The average Bonchev–Trinajstić information content (AvgIpc) is 2.86. The molecule has 2 N–H and O–H groups in total. The molecule has 6 heteroatoms. The molecule has 1 heterocycles. The number of hydrogen-bond acceptors (Lipinski definition) is 2. The minimum absolute atomic E-state index is 0. The van der Waals surface area contributed by atoms with Crippen LogP contribution in [0.2, 0.25) is 0 Å². The number of anilines is 1. The van der Waals surface area contributed by atoms with Gasteiger partial charge in [-0.05, 0) is 43.2 Å². The van der Waals surface area contributed by atoms with Crippen LogP contribution in [0.25, 0.3) is 11.3 Å². The molecule has 0 saturated carbocycles. The molecule has 0 radical (unpaired) electrons. The molecule has 0 aliphatic carbocycles. The molecular weight excluding hydrogens is 458 g/mol. The first-order valence-corrected chi connectivity index (χ1v) is 8.87. The summed E-state index contributed by atoms with van der Waals surface area (Å²) in [5, 5.41) is 0. The number of imidazole rings is 1. The third-order valence-electron chi connectivity index (χ3n) is 4.54. The first-order valence-electron chi connectivity index (χ1n) is 8.08. The Kier molecular flexibility index (Phi) is 6.42. The Morgan fingerprint density at radius 1 is 1.15 bits per heavy atom. The van der Waals surface area contributed by atoms with Crippen LogP contribution in [0, 0.1) is 13.8 Å². The fourth-order valence-corrected chi connectivity index (χ4v) is 3.22. The van der Waals surface area contributed by atoms with Gasteiger partial charge in [-0.3, -0.25) is 10.5 Å². The lowest BCUT2D eigenvalue weighted by Crippen LogP contribution is -3.00. The predicted octanol–water partition coefficient (Wildman–Crippen LogP) is 0.828. The van der Waals surface area contributed by atoms with Crippen molar-refractivity contribution in [2.75, 3.05) is 5.73 Å². The molecule has 0 spiro atoms. The summed E-state index contributed by atoms with van der Waals surface area (Å²) < 4.78 is 4.60. The number of ketones is 1. The molecule has 3 rings (SSSR count). The summed E-state index contributed by atoms with van der Waals surface area (Å²) in [6.45, 7) is 4.40. The highest BCUT2D eigenvalue weighted by Gasteiger charge is 2.20. The first kappa shape index (κ1) is 20.4. The van der Waals surface area contributed by atoms with E-state index < -0.39 is 0 Å². The first-order chi connectivity index (χ1) is 11.9. The van der Waals surface area contributed by atoms with Crippen LogP contribution in [-0.2, 0) is 13.6 Å². The molecule has 0 fully saturated rings. The van der Waals surface area contributed by atoms with E-state index in [0.29, 0.717) is 11.5 Å². The fourth-order valence-electron chi connectivity index (χ4n) is 2.82. The molecule has 3 aromatic rings. The molecule has 0 bridgehead atoms. The van der Waals surface area contributed by atoms with Gasteiger partial charge in [0.25, 0.3) is 0 Å². The second-order valence-corrected chi connectivity index (χ2v) is 7.21. The summed E-state index contributed by atoms with van der Waals surface area (Å²) in [6, 6.07) is 13.7. The van der Waals surface area contributed by atoms with Crippen molar-refractivity contribution in [3.05, 3.63) is 69.8 Å². The Balaban J connectivity index is 0.00000243. The Bertz CT molecular complexity index is 964. The number of halogens is 2. The molecule has 0 unspecified atom stereocenters. The lowest BCUT2D eigenvalue weighted by molar-refractivity contribution is -0.667. The number of aryl methyl sites for hydroxylation is 2. The molecule has 2 aromatic carbocycles. The smallest absolute Gasteiger partial charge is 0.355 e. The zero-order chi connectivity index (χ0) is 18.1. The van der Waals surface area contributed by atoms with Gasteiger partial charge in [-0.2, -0.15) is 0 Å². The highest BCUT2D eigenvalue weighted by atomic mass is 79.9. The van der Waals surface area contributed by atoms with Gasteiger partial charge in [-0.1, -0.05) is 40.2 Å². The maximum atomic E-state index is 12.6. The van der Waals surface area contributed by atoms with Crippen molar-refractivity contribution in [1.29, 1.82) is 0 Å². The Labute approximate surface area is 172 Å². The summed E-state index contributed by atoms with van der Waals surface area (Å²) in [5.41, 5.74) is 11.5. The SMILES string of the molecule is Cc1ccc(-c2c[n+](CC(=O)c3cccc(Br)c3)c(N)n2C)cc1C.[Br-]. The van der Waals surface area contributed by atoms with Crippen LogP contribution < -0.4 is 27.3 Å². The second-order valence-electron chi connectivity index (χ2n) is 6.29. The quantitative estimate of drug-likeness (QED) is 0.446. The van der Waals surface area contributed by atoms with E-state index in [1.54, 1.807) is 4.57 Å². The third-order valence-corrected chi connectivity index (χ3v) is 5.03. The Hall–Kier alpha value is -1.92. The molecule has 1 aromatic heterocycles. The number of aromatic nitrogens is 2. The van der Waals surface area contributed by atoms with Gasteiger partial charge >= 0.3 is 5.95 Å². The topological polar surface area (TPSA) is 51.9 Å². The standard InChI is InChI=1S/C20H20BrN3O.BrH/c1-13-7-8-15(9-14(13)2)18-11-24(20(22)23(18)3)12-19(25)16-5-4-6-17(21)10-16;/h4-11,22H,12H2,1-3H3;1H. The van der Waals surface area contributed by atoms with E-state index in [-0.39, 0.29) is 29.3 Å². The largest absolute Gasteiger partial charge is 1.00 e. The summed E-state index contributed by atoms with van der Waals surface area (Å²) in [5.74, 6) is 0.576. The van der Waals surface area contributed by atoms with Gasteiger partial charge in [0.1, 0.15) is 18.4 Å². The number of nitrogens with zero attached hydrogens (tertiary/aromatic N) is 2. The van der Waals surface area contributed by atoms with E-state index in [4.69, 9.17) is 5.73 Å². The zero-order valence-electron chi connectivity index (χ0n) is 15.0. The number of Topliss-reactive ketones (excluding diaryl/α,β-unsaturated/α-hetero) is 1. The van der Waals surface area contributed by atoms with Crippen LogP contribution in [-0.4, -0.2) is 10.4 Å². The molecule has 0 saturated heterocycles. The zero-order valence-corrected chi connectivity index (χ0v) is 18.1. The molecule has 4 nitrogen and oxygen atoms in total. The number of carbonyl (C=O) groups is 1. The highest BCUT2D eigenvalue weighted by Crippen LogP contribution is 2.23. The van der Waals surface area contributed by atoms with Crippen LogP contribution in [0.3, 0.4) is 0 Å². The van der Waals surface area contributed by atoms with Gasteiger partial charge in [-0.25, -0.2) is 9.13 Å². The summed E-state index contributed by atoms with van der Waals surface area (Å²) in [7, 11) is 1.92. The van der Waals surface area contributed by atoms with Gasteiger partial charge in [0.15, 0.2) is 5.78 Å². The molecule has 26 heavy (non-hydrogen) atoms. The number of carbonyl (C=O) groups excluding carboxylic acids is 1. The van der Waals surface area contributed by atoms with Crippen molar-refractivity contribution in [1.82, 2.24) is 4.57 Å². The normalized spacial score (nSPS) is 10.5. The van der Waals surface area contributed by atoms with Crippen molar-refractivity contribution >= 4 is 27.7 Å². The minimum Gasteiger partial charge on any atom is -1.00 e. The number of nitrogens with two attached hydrogens (primary N) is 1. The van der Waals surface area contributed by atoms with Crippen LogP contribution in [0.5, 0.6) is 0 Å². The molecule has 0 aliphatic rings. The predicted molar refractivity (Wildman–Crippen MR) is 103 cm³/mol. The van der Waals surface area contributed by atoms with Crippen molar-refractivity contribution in [3.8, 4) is 11.3 Å². The van der Waals surface area contributed by atoms with Crippen molar-refractivity contribution in [2.24, 2.45) is 7.05 Å². The second kappa shape index (κ2) is 8.18. The van der Waals surface area contributed by atoms with Gasteiger partial charge in [0, 0.05) is 15.6 Å². The van der Waals surface area contributed by atoms with E-state index in [9.17, 15) is 4.79 Å². The van der Waals surface area contributed by atoms with E-state index in [0.717, 1.165) is 15.7 Å². The lowest BCUT2D eigenvalue weighted by Gasteiger charge is -2.03. The maximum Gasteiger partial charge on any atom is 0.355 e. The third kappa shape index (κ3) is 4.07. The molecule has 0 atom stereocenters. The lowest BCUT2D eigenvalue weighted by atomic mass is 10.0. The Morgan fingerprint density at radius 3 is 2.54 bits per heavy atom. The molecule has 0 aliphatic heterocycles. The number of benzene rings is 2. The minimum atomic E-state index is 0. The fraction of sp³-hybridized carbons (Fsp3) is 0.200. The van der Waals surface area contributed by atoms with E-state index in [1.165, 1.54) is 11.1 Å². The van der Waals surface area contributed by atoms with Crippen molar-refractivity contribution < 1.29 is 26.3 Å². The summed E-state index contributed by atoms with van der Waals surface area (Å²) in [4.78, 5) is 12.6. The van der Waals surface area contributed by atoms with Gasteiger partial charge < -0.3 is 17.0 Å². The molecule has 0 amide bonds. The number of nitrogen functional groups attached to an aromatic ring is 1. The number of hydrogen-bond donors (Lipinski definition) is 1. The van der Waals surface area contributed by atoms with E-state index in [1.807, 2.05) is 42.1 Å². The van der Waals surface area contributed by atoms with Gasteiger partial charge in [-0.15, -0.1) is 0 Å². The highest BCUT2D eigenvalue weighted by molar-refractivity contribution is 9.10. The van der Waals surface area contributed by atoms with Crippen LogP contribution in [0.15, 0.2) is 53.1 Å². The van der Waals surface area contributed by atoms with E-state index >= 15 is 0 Å². The van der Waals surface area contributed by atoms with Crippen molar-refractivity contribution in [2.45, 2.75) is 20.4 Å². The van der Waals surface area contributed by atoms with E-state index in [2.05, 4.69) is 48.0 Å². The maximum absolute atomic E-state index is 12.6. The van der Waals surface area contributed by atoms with Crippen molar-refractivity contribution in [3.63, 3.8) is 0 Å².